The third-order valence-electron chi connectivity index (χ3n) is 7.82. The standard InChI is InChI=1S/C31H33NO7/c1-4-5-6-20-8-10-23-26(18-7-12-24-25(15-18)39-16-38-24)28(31(35)36)27(29(23)32-20)22-11-9-21(37-3)14-19(22)13-17(2)30(33)34/h7-12,14-15,17,26-28H,4-6,13,16H2,1-3H3,(H,33,34)(H,35,36)/t17-,26-,27-,28+/m1/s1. The van der Waals surface area contributed by atoms with Gasteiger partial charge in [0, 0.05) is 17.5 Å². The molecule has 2 heterocycles. The molecule has 0 amide bonds. The highest BCUT2D eigenvalue weighted by Gasteiger charge is 2.48. The number of aryl methyl sites for hydroxylation is 1. The molecule has 4 atom stereocenters. The number of carboxylic acid groups (broad SMARTS) is 2. The van der Waals surface area contributed by atoms with Crippen molar-refractivity contribution >= 4 is 11.9 Å². The van der Waals surface area contributed by atoms with Crippen molar-refractivity contribution in [2.75, 3.05) is 13.9 Å². The molecule has 8 heteroatoms. The molecule has 2 N–H and O–H groups in total. The average molecular weight is 532 g/mol. The Bertz CT molecular complexity index is 1400. The molecule has 0 bridgehead atoms. The van der Waals surface area contributed by atoms with Gasteiger partial charge in [0.15, 0.2) is 11.5 Å². The summed E-state index contributed by atoms with van der Waals surface area (Å²) in [5.41, 5.74) is 4.84. The number of pyridine rings is 1. The van der Waals surface area contributed by atoms with E-state index in [2.05, 4.69) is 6.92 Å². The molecule has 2 aromatic carbocycles. The number of fused-ring (bicyclic) bond motifs is 2. The molecular formula is C31H33NO7. The number of carbonyl (C=O) groups is 2. The van der Waals surface area contributed by atoms with Crippen molar-refractivity contribution in [3.63, 3.8) is 0 Å². The van der Waals surface area contributed by atoms with Crippen LogP contribution in [0.3, 0.4) is 0 Å². The molecule has 3 aromatic rings. The Kier molecular flexibility index (Phi) is 7.46. The van der Waals surface area contributed by atoms with Crippen LogP contribution in [0.5, 0.6) is 17.2 Å². The Morgan fingerprint density at radius 2 is 1.79 bits per heavy atom. The number of aliphatic carboxylic acids is 2. The van der Waals surface area contributed by atoms with Gasteiger partial charge < -0.3 is 24.4 Å². The summed E-state index contributed by atoms with van der Waals surface area (Å²) in [7, 11) is 1.56. The number of hydrogen-bond donors (Lipinski definition) is 2. The normalized spacial score (nSPS) is 19.9. The van der Waals surface area contributed by atoms with Crippen molar-refractivity contribution in [1.82, 2.24) is 4.98 Å². The first-order chi connectivity index (χ1) is 18.8. The number of aromatic nitrogens is 1. The highest BCUT2D eigenvalue weighted by atomic mass is 16.7. The van der Waals surface area contributed by atoms with Gasteiger partial charge in [-0.3, -0.25) is 14.6 Å². The van der Waals surface area contributed by atoms with Crippen LogP contribution < -0.4 is 14.2 Å². The maximum atomic E-state index is 13.1. The highest BCUT2D eigenvalue weighted by Crippen LogP contribution is 2.54. The minimum atomic E-state index is -0.941. The van der Waals surface area contributed by atoms with Gasteiger partial charge >= 0.3 is 11.9 Å². The van der Waals surface area contributed by atoms with Crippen LogP contribution in [0, 0.1) is 11.8 Å². The fourth-order valence-electron chi connectivity index (χ4n) is 5.82. The molecule has 5 rings (SSSR count). The number of nitrogens with zero attached hydrogens (tertiary/aromatic N) is 1. The number of rotatable bonds is 10. The van der Waals surface area contributed by atoms with Crippen LogP contribution in [-0.2, 0) is 22.4 Å². The Labute approximate surface area is 227 Å². The molecule has 1 aromatic heterocycles. The summed E-state index contributed by atoms with van der Waals surface area (Å²) in [6.45, 7) is 3.91. The molecule has 39 heavy (non-hydrogen) atoms. The van der Waals surface area contributed by atoms with Gasteiger partial charge in [-0.15, -0.1) is 0 Å². The second kappa shape index (κ2) is 11.0. The summed E-state index contributed by atoms with van der Waals surface area (Å²) >= 11 is 0. The third kappa shape index (κ3) is 5.03. The van der Waals surface area contributed by atoms with E-state index in [-0.39, 0.29) is 13.2 Å². The van der Waals surface area contributed by atoms with Gasteiger partial charge in [0.25, 0.3) is 0 Å². The minimum absolute atomic E-state index is 0.129. The third-order valence-corrected chi connectivity index (χ3v) is 7.82. The topological polar surface area (TPSA) is 115 Å². The predicted octanol–water partition coefficient (Wildman–Crippen LogP) is 5.40. The van der Waals surface area contributed by atoms with Crippen LogP contribution in [0.25, 0.3) is 0 Å². The van der Waals surface area contributed by atoms with Crippen LogP contribution in [0.15, 0.2) is 48.5 Å². The quantitative estimate of drug-likeness (QED) is 0.357. The summed E-state index contributed by atoms with van der Waals surface area (Å²) in [6, 6.07) is 15.1. The highest BCUT2D eigenvalue weighted by molar-refractivity contribution is 5.78. The molecule has 0 radical (unpaired) electrons. The lowest BCUT2D eigenvalue weighted by molar-refractivity contribution is -0.143. The van der Waals surface area contributed by atoms with Crippen LogP contribution in [-0.4, -0.2) is 41.0 Å². The van der Waals surface area contributed by atoms with Crippen molar-refractivity contribution in [2.45, 2.75) is 51.4 Å². The number of hydrogen-bond acceptors (Lipinski definition) is 6. The maximum Gasteiger partial charge on any atom is 0.308 e. The molecule has 8 nitrogen and oxygen atoms in total. The Morgan fingerprint density at radius 3 is 2.51 bits per heavy atom. The van der Waals surface area contributed by atoms with Crippen LogP contribution in [0.4, 0.5) is 0 Å². The van der Waals surface area contributed by atoms with E-state index >= 15 is 0 Å². The molecular weight excluding hydrogens is 498 g/mol. The number of unbranched alkanes of at least 4 members (excludes halogenated alkanes) is 1. The second-order valence-electron chi connectivity index (χ2n) is 10.3. The van der Waals surface area contributed by atoms with E-state index in [1.54, 1.807) is 20.1 Å². The van der Waals surface area contributed by atoms with Gasteiger partial charge in [-0.05, 0) is 71.8 Å². The van der Waals surface area contributed by atoms with E-state index in [4.69, 9.17) is 19.2 Å². The molecule has 0 fully saturated rings. The van der Waals surface area contributed by atoms with Crippen molar-refractivity contribution in [3.8, 4) is 17.2 Å². The number of methoxy groups -OCH3 is 1. The lowest BCUT2D eigenvalue weighted by Gasteiger charge is -2.25. The molecule has 1 aliphatic carbocycles. The van der Waals surface area contributed by atoms with Crippen molar-refractivity contribution < 1.29 is 34.0 Å². The average Bonchev–Trinajstić information content (AvgIpc) is 3.53. The van der Waals surface area contributed by atoms with Crippen LogP contribution >= 0.6 is 0 Å². The zero-order valence-electron chi connectivity index (χ0n) is 22.3. The van der Waals surface area contributed by atoms with Crippen LogP contribution in [0.2, 0.25) is 0 Å². The van der Waals surface area contributed by atoms with Gasteiger partial charge in [0.2, 0.25) is 6.79 Å². The Hall–Kier alpha value is -4.07. The molecule has 0 saturated carbocycles. The molecule has 0 spiro atoms. The van der Waals surface area contributed by atoms with E-state index in [0.717, 1.165) is 52.9 Å². The van der Waals surface area contributed by atoms with E-state index in [9.17, 15) is 19.8 Å². The summed E-state index contributed by atoms with van der Waals surface area (Å²) in [5, 5.41) is 20.4. The fourth-order valence-corrected chi connectivity index (χ4v) is 5.82. The van der Waals surface area contributed by atoms with Crippen molar-refractivity contribution in [2.24, 2.45) is 11.8 Å². The van der Waals surface area contributed by atoms with E-state index < -0.39 is 35.6 Å². The van der Waals surface area contributed by atoms with Crippen molar-refractivity contribution in [3.05, 3.63) is 82.2 Å². The summed E-state index contributed by atoms with van der Waals surface area (Å²) < 4.78 is 16.5. The predicted molar refractivity (Wildman–Crippen MR) is 144 cm³/mol. The summed E-state index contributed by atoms with van der Waals surface area (Å²) in [4.78, 5) is 29.9. The first-order valence-corrected chi connectivity index (χ1v) is 13.3. The Morgan fingerprint density at radius 1 is 1.03 bits per heavy atom. The molecule has 204 valence electrons. The first-order valence-electron chi connectivity index (χ1n) is 13.3. The van der Waals surface area contributed by atoms with E-state index in [1.165, 1.54) is 0 Å². The molecule has 0 saturated heterocycles. The van der Waals surface area contributed by atoms with Crippen molar-refractivity contribution in [1.29, 1.82) is 0 Å². The smallest absolute Gasteiger partial charge is 0.308 e. The largest absolute Gasteiger partial charge is 0.497 e. The Balaban J connectivity index is 1.70. The lowest BCUT2D eigenvalue weighted by atomic mass is 9.78. The monoisotopic (exact) mass is 531 g/mol. The van der Waals surface area contributed by atoms with Gasteiger partial charge in [0.05, 0.1) is 24.6 Å². The maximum absolute atomic E-state index is 13.1. The fraction of sp³-hybridized carbons (Fsp3) is 0.387. The van der Waals surface area contributed by atoms with Gasteiger partial charge in [-0.1, -0.05) is 38.5 Å². The summed E-state index contributed by atoms with van der Waals surface area (Å²) in [5.74, 6) is -2.60. The molecule has 0 unspecified atom stereocenters. The second-order valence-corrected chi connectivity index (χ2v) is 10.3. The zero-order chi connectivity index (χ0) is 27.7. The summed E-state index contributed by atoms with van der Waals surface area (Å²) in [6.07, 6.45) is 3.04. The number of benzene rings is 2. The SMILES string of the molecule is CCCCc1ccc2c(n1)[C@H](c1ccc(OC)cc1C[C@@H](C)C(=O)O)[C@@H](C(=O)O)[C@@H]2c1ccc2c(c1)OCO2. The van der Waals surface area contributed by atoms with Gasteiger partial charge in [0.1, 0.15) is 5.75 Å². The molecule has 1 aliphatic heterocycles. The van der Waals surface area contributed by atoms with Crippen LogP contribution in [0.1, 0.15) is 72.2 Å². The van der Waals surface area contributed by atoms with Gasteiger partial charge in [-0.2, -0.15) is 0 Å². The zero-order valence-corrected chi connectivity index (χ0v) is 22.3. The first kappa shape index (κ1) is 26.5. The molecule has 2 aliphatic rings. The number of carboxylic acids is 2. The lowest BCUT2D eigenvalue weighted by Crippen LogP contribution is -2.25. The number of ether oxygens (including phenoxy) is 3. The van der Waals surface area contributed by atoms with Gasteiger partial charge in [-0.25, -0.2) is 0 Å². The minimum Gasteiger partial charge on any atom is -0.497 e. The van der Waals surface area contributed by atoms with E-state index in [0.29, 0.717) is 17.2 Å². The van der Waals surface area contributed by atoms with E-state index in [1.807, 2.05) is 42.5 Å².